The topological polar surface area (TPSA) is 80.7 Å². The first-order valence-corrected chi connectivity index (χ1v) is 7.84. The number of hydrogen-bond acceptors (Lipinski definition) is 4. The van der Waals surface area contributed by atoms with Crippen LogP contribution < -0.4 is 14.2 Å². The van der Waals surface area contributed by atoms with Crippen molar-refractivity contribution in [1.29, 1.82) is 0 Å². The Morgan fingerprint density at radius 1 is 1.09 bits per heavy atom. The van der Waals surface area contributed by atoms with Crippen LogP contribution in [0.25, 0.3) is 10.9 Å². The number of aromatic nitrogens is 1. The van der Waals surface area contributed by atoms with Gasteiger partial charge in [0.2, 0.25) is 0 Å². The quantitative estimate of drug-likeness (QED) is 0.699. The third-order valence-corrected chi connectivity index (χ3v) is 3.61. The minimum absolute atomic E-state index is 0.530. The van der Waals surface area contributed by atoms with Crippen LogP contribution in [0.1, 0.15) is 0 Å². The molecular formula is C16H14N2O4S. The van der Waals surface area contributed by atoms with Crippen molar-refractivity contribution in [3.63, 3.8) is 0 Å². The molecule has 3 aromatic rings. The van der Waals surface area contributed by atoms with E-state index in [4.69, 9.17) is 14.0 Å². The number of hydrogen-bond donors (Lipinski definition) is 2. The molecule has 0 saturated heterocycles. The van der Waals surface area contributed by atoms with E-state index in [1.165, 1.54) is 0 Å². The zero-order valence-electron chi connectivity index (χ0n) is 12.2. The Bertz CT molecular complexity index is 852. The van der Waals surface area contributed by atoms with Gasteiger partial charge in [-0.15, -0.1) is 0 Å². The van der Waals surface area contributed by atoms with Crippen LogP contribution in [0.2, 0.25) is 0 Å². The molecule has 0 radical (unpaired) electrons. The van der Waals surface area contributed by atoms with Crippen molar-refractivity contribution in [1.82, 2.24) is 4.98 Å². The summed E-state index contributed by atoms with van der Waals surface area (Å²) in [6.07, 6.45) is 1.67. The second-order valence-electron chi connectivity index (χ2n) is 4.67. The number of fused-ring (bicyclic) bond motifs is 1. The minimum Gasteiger partial charge on any atom is -0.497 e. The fraction of sp³-hybridized carbons (Fsp3) is 0.0625. The summed E-state index contributed by atoms with van der Waals surface area (Å²) in [5.74, 6) is 2.02. The van der Waals surface area contributed by atoms with Gasteiger partial charge in [0.25, 0.3) is 11.3 Å². The Morgan fingerprint density at radius 3 is 2.52 bits per heavy atom. The molecule has 0 fully saturated rings. The lowest BCUT2D eigenvalue weighted by Crippen LogP contribution is -2.01. The van der Waals surface area contributed by atoms with Crippen molar-refractivity contribution in [2.45, 2.75) is 0 Å². The van der Waals surface area contributed by atoms with Crippen LogP contribution in [-0.4, -0.2) is 20.9 Å². The molecular weight excluding hydrogens is 316 g/mol. The van der Waals surface area contributed by atoms with E-state index in [1.807, 2.05) is 18.2 Å². The summed E-state index contributed by atoms with van der Waals surface area (Å²) in [6, 6.07) is 14.1. The maximum atomic E-state index is 10.7. The lowest BCUT2D eigenvalue weighted by atomic mass is 10.2. The van der Waals surface area contributed by atoms with Crippen LogP contribution in [0.4, 0.5) is 5.69 Å². The third-order valence-electron chi connectivity index (χ3n) is 3.20. The molecule has 3 rings (SSSR count). The minimum atomic E-state index is -2.09. The van der Waals surface area contributed by atoms with Gasteiger partial charge in [-0.3, -0.25) is 14.3 Å². The third kappa shape index (κ3) is 3.58. The Balaban J connectivity index is 1.87. The largest absolute Gasteiger partial charge is 0.497 e. The normalized spacial score (nSPS) is 11.9. The maximum Gasteiger partial charge on any atom is 0.259 e. The molecule has 0 saturated carbocycles. The van der Waals surface area contributed by atoms with E-state index < -0.39 is 11.3 Å². The second kappa shape index (κ2) is 6.64. The fourth-order valence-corrected chi connectivity index (χ4v) is 2.47. The second-order valence-corrected chi connectivity index (χ2v) is 5.37. The van der Waals surface area contributed by atoms with Crippen molar-refractivity contribution < 1.29 is 18.2 Å². The smallest absolute Gasteiger partial charge is 0.259 e. The molecule has 2 aromatic carbocycles. The van der Waals surface area contributed by atoms with Crippen LogP contribution in [-0.2, 0) is 11.3 Å². The molecule has 0 aliphatic carbocycles. The highest BCUT2D eigenvalue weighted by Crippen LogP contribution is 2.31. The highest BCUT2D eigenvalue weighted by atomic mass is 32.2. The molecule has 1 atom stereocenters. The van der Waals surface area contributed by atoms with E-state index in [0.717, 1.165) is 16.7 Å². The Labute approximate surface area is 135 Å². The van der Waals surface area contributed by atoms with Gasteiger partial charge in [0.15, 0.2) is 0 Å². The van der Waals surface area contributed by atoms with Gasteiger partial charge in [-0.1, -0.05) is 0 Å². The highest BCUT2D eigenvalue weighted by Gasteiger charge is 2.06. The average molecular weight is 330 g/mol. The van der Waals surface area contributed by atoms with Gasteiger partial charge in [0.1, 0.15) is 17.2 Å². The first kappa shape index (κ1) is 15.3. The predicted octanol–water partition coefficient (Wildman–Crippen LogP) is 3.58. The molecule has 1 unspecified atom stereocenters. The van der Waals surface area contributed by atoms with Gasteiger partial charge in [-0.25, -0.2) is 4.21 Å². The number of ether oxygens (including phenoxy) is 2. The van der Waals surface area contributed by atoms with Crippen molar-refractivity contribution in [3.8, 4) is 17.2 Å². The van der Waals surface area contributed by atoms with E-state index in [-0.39, 0.29) is 0 Å². The number of rotatable bonds is 5. The van der Waals surface area contributed by atoms with Crippen molar-refractivity contribution in [2.75, 3.05) is 11.8 Å². The number of nitrogens with zero attached hydrogens (tertiary/aromatic N) is 1. The van der Waals surface area contributed by atoms with Crippen LogP contribution in [0.5, 0.6) is 17.2 Å². The summed E-state index contributed by atoms with van der Waals surface area (Å²) in [6.45, 7) is 0. The first-order chi connectivity index (χ1) is 11.2. The molecule has 23 heavy (non-hydrogen) atoms. The summed E-state index contributed by atoms with van der Waals surface area (Å²) >= 11 is -2.09. The van der Waals surface area contributed by atoms with Gasteiger partial charge < -0.3 is 9.47 Å². The molecule has 0 aliphatic rings. The van der Waals surface area contributed by atoms with Gasteiger partial charge in [-0.2, -0.15) is 0 Å². The summed E-state index contributed by atoms with van der Waals surface area (Å²) in [7, 11) is 1.61. The van der Waals surface area contributed by atoms with E-state index in [0.29, 0.717) is 17.2 Å². The number of nitrogens with one attached hydrogen (secondary N) is 1. The standard InChI is InChI=1S/C16H14N2O4S/c1-21-13-6-7-14-15(10-13)17-9-8-16(14)22-12-4-2-11(3-5-12)18-23(19)20/h2-10,18H,1H3,(H,19,20). The SMILES string of the molecule is COc1ccc2c(Oc3ccc(NS(=O)O)cc3)ccnc2c1. The summed E-state index contributed by atoms with van der Waals surface area (Å²) in [5, 5.41) is 0.868. The number of pyridine rings is 1. The number of benzene rings is 2. The van der Waals surface area contributed by atoms with Crippen molar-refractivity contribution in [3.05, 3.63) is 54.7 Å². The fourth-order valence-electron chi connectivity index (χ4n) is 2.14. The Morgan fingerprint density at radius 2 is 1.83 bits per heavy atom. The van der Waals surface area contributed by atoms with Crippen molar-refractivity contribution >= 4 is 27.9 Å². The number of anilines is 1. The van der Waals surface area contributed by atoms with Crippen LogP contribution in [0.15, 0.2) is 54.7 Å². The van der Waals surface area contributed by atoms with Crippen LogP contribution in [0.3, 0.4) is 0 Å². The molecule has 0 aliphatic heterocycles. The van der Waals surface area contributed by atoms with E-state index >= 15 is 0 Å². The molecule has 0 spiro atoms. The Hall–Kier alpha value is -2.64. The van der Waals surface area contributed by atoms with Crippen molar-refractivity contribution in [2.24, 2.45) is 0 Å². The molecule has 1 aromatic heterocycles. The zero-order chi connectivity index (χ0) is 16.2. The van der Waals surface area contributed by atoms with E-state index in [2.05, 4.69) is 9.71 Å². The summed E-state index contributed by atoms with van der Waals surface area (Å²) < 4.78 is 32.9. The predicted molar refractivity (Wildman–Crippen MR) is 89.2 cm³/mol. The lowest BCUT2D eigenvalue weighted by Gasteiger charge is -2.10. The molecule has 6 nitrogen and oxygen atoms in total. The molecule has 0 amide bonds. The molecule has 1 heterocycles. The summed E-state index contributed by atoms with van der Waals surface area (Å²) in [4.78, 5) is 4.31. The molecule has 0 bridgehead atoms. The maximum absolute atomic E-state index is 10.7. The molecule has 7 heteroatoms. The van der Waals surface area contributed by atoms with Gasteiger partial charge in [-0.05, 0) is 42.5 Å². The first-order valence-electron chi connectivity index (χ1n) is 6.74. The summed E-state index contributed by atoms with van der Waals surface area (Å²) in [5.41, 5.74) is 1.30. The van der Waals surface area contributed by atoms with Gasteiger partial charge >= 0.3 is 0 Å². The van der Waals surface area contributed by atoms with Gasteiger partial charge in [0, 0.05) is 23.3 Å². The van der Waals surface area contributed by atoms with E-state index in [1.54, 1.807) is 43.6 Å². The average Bonchev–Trinajstić information content (AvgIpc) is 2.56. The molecule has 118 valence electrons. The number of methoxy groups -OCH3 is 1. The van der Waals surface area contributed by atoms with Crippen LogP contribution in [0, 0.1) is 0 Å². The van der Waals surface area contributed by atoms with Gasteiger partial charge in [0.05, 0.1) is 12.6 Å². The Kier molecular flexibility index (Phi) is 4.40. The van der Waals surface area contributed by atoms with Crippen LogP contribution >= 0.6 is 0 Å². The molecule has 2 N–H and O–H groups in total. The monoisotopic (exact) mass is 330 g/mol. The highest BCUT2D eigenvalue weighted by molar-refractivity contribution is 7.80. The van der Waals surface area contributed by atoms with E-state index in [9.17, 15) is 4.21 Å². The lowest BCUT2D eigenvalue weighted by molar-refractivity contribution is 0.415. The zero-order valence-corrected chi connectivity index (χ0v) is 13.0.